The molecule has 4 nitrogen and oxygen atoms in total. The molecule has 1 aliphatic rings. The van der Waals surface area contributed by atoms with Crippen molar-refractivity contribution in [3.8, 4) is 0 Å². The Morgan fingerprint density at radius 2 is 2.05 bits per heavy atom. The summed E-state index contributed by atoms with van der Waals surface area (Å²) in [6.07, 6.45) is 1.70. The van der Waals surface area contributed by atoms with Gasteiger partial charge < -0.3 is 5.73 Å². The predicted molar refractivity (Wildman–Crippen MR) is 85.1 cm³/mol. The Bertz CT molecular complexity index is 554. The lowest BCUT2D eigenvalue weighted by Crippen LogP contribution is -2.39. The number of rotatable bonds is 3. The van der Waals surface area contributed by atoms with E-state index in [9.17, 15) is 8.42 Å². The summed E-state index contributed by atoms with van der Waals surface area (Å²) in [7, 11) is -3.48. The molecule has 0 radical (unpaired) electrons. The van der Waals surface area contributed by atoms with Gasteiger partial charge in [-0.3, -0.25) is 0 Å². The Morgan fingerprint density at radius 3 is 2.68 bits per heavy atom. The molecule has 1 aliphatic heterocycles. The fourth-order valence-corrected chi connectivity index (χ4v) is 5.33. The molecule has 0 spiro atoms. The monoisotopic (exact) mass is 432 g/mol. The highest BCUT2D eigenvalue weighted by molar-refractivity contribution is 9.11. The Balaban J connectivity index is 0.00000180. The van der Waals surface area contributed by atoms with E-state index in [4.69, 9.17) is 5.73 Å². The summed E-state index contributed by atoms with van der Waals surface area (Å²) in [6, 6.07) is 5.06. The molecule has 8 heteroatoms. The highest BCUT2D eigenvalue weighted by Crippen LogP contribution is 2.31. The zero-order valence-electron chi connectivity index (χ0n) is 10.1. The number of halogens is 3. The Labute approximate surface area is 136 Å². The molecule has 108 valence electrons. The summed E-state index contributed by atoms with van der Waals surface area (Å²) >= 11 is 6.60. The minimum atomic E-state index is -3.48. The summed E-state index contributed by atoms with van der Waals surface area (Å²) in [5.74, 6) is 0. The van der Waals surface area contributed by atoms with Crippen LogP contribution in [0.15, 0.2) is 32.0 Å². The first-order valence-corrected chi connectivity index (χ1v) is 8.66. The molecule has 0 saturated carbocycles. The van der Waals surface area contributed by atoms with Crippen LogP contribution in [0.5, 0.6) is 0 Å². The number of benzene rings is 1. The number of hydrogen-bond acceptors (Lipinski definition) is 3. The van der Waals surface area contributed by atoms with E-state index < -0.39 is 10.0 Å². The second-order valence-corrected chi connectivity index (χ2v) is 7.85. The van der Waals surface area contributed by atoms with Crippen LogP contribution >= 0.6 is 44.3 Å². The maximum absolute atomic E-state index is 12.6. The smallest absolute Gasteiger partial charge is 0.244 e. The molecule has 1 aromatic rings. The van der Waals surface area contributed by atoms with Gasteiger partial charge in [0.2, 0.25) is 10.0 Å². The third-order valence-electron chi connectivity index (χ3n) is 3.08. The minimum absolute atomic E-state index is 0. The molecule has 1 heterocycles. The minimum Gasteiger partial charge on any atom is -0.329 e. The normalized spacial score (nSPS) is 20.3. The third kappa shape index (κ3) is 3.51. The molecule has 19 heavy (non-hydrogen) atoms. The van der Waals surface area contributed by atoms with Crippen LogP contribution in [0.1, 0.15) is 12.8 Å². The van der Waals surface area contributed by atoms with Crippen LogP contribution in [0.4, 0.5) is 0 Å². The molecule has 0 amide bonds. The first kappa shape index (κ1) is 17.4. The molecule has 1 atom stereocenters. The molecule has 0 aliphatic carbocycles. The van der Waals surface area contributed by atoms with E-state index in [1.807, 2.05) is 0 Å². The zero-order valence-corrected chi connectivity index (χ0v) is 14.9. The summed E-state index contributed by atoms with van der Waals surface area (Å²) in [5.41, 5.74) is 5.64. The molecule has 1 aromatic carbocycles. The Kier molecular flexibility index (Phi) is 6.28. The van der Waals surface area contributed by atoms with Gasteiger partial charge in [0.25, 0.3) is 0 Å². The maximum atomic E-state index is 12.6. The van der Waals surface area contributed by atoms with Crippen molar-refractivity contribution >= 4 is 54.3 Å². The van der Waals surface area contributed by atoms with Crippen LogP contribution in [0.3, 0.4) is 0 Å². The highest BCUT2D eigenvalue weighted by atomic mass is 79.9. The molecule has 1 unspecified atom stereocenters. The molecule has 1 fully saturated rings. The van der Waals surface area contributed by atoms with Crippen molar-refractivity contribution in [1.82, 2.24) is 4.31 Å². The van der Waals surface area contributed by atoms with Crippen molar-refractivity contribution in [2.45, 2.75) is 23.8 Å². The molecule has 0 bridgehead atoms. The highest BCUT2D eigenvalue weighted by Gasteiger charge is 2.35. The van der Waals surface area contributed by atoms with E-state index in [0.717, 1.165) is 17.3 Å². The van der Waals surface area contributed by atoms with Crippen LogP contribution in [-0.4, -0.2) is 31.9 Å². The van der Waals surface area contributed by atoms with Gasteiger partial charge in [0.1, 0.15) is 0 Å². The van der Waals surface area contributed by atoms with Gasteiger partial charge in [-0.1, -0.05) is 15.9 Å². The Morgan fingerprint density at radius 1 is 1.37 bits per heavy atom. The SMILES string of the molecule is Cl.NCC1CCCN1S(=O)(=O)c1cc(Br)ccc1Br. The molecule has 0 aromatic heterocycles. The third-order valence-corrected chi connectivity index (χ3v) is 6.51. The molecular formula is C11H15Br2ClN2O2S. The first-order valence-electron chi connectivity index (χ1n) is 5.64. The topological polar surface area (TPSA) is 63.4 Å². The summed E-state index contributed by atoms with van der Waals surface area (Å²) in [4.78, 5) is 0.289. The first-order chi connectivity index (χ1) is 8.46. The average molecular weight is 435 g/mol. The van der Waals surface area contributed by atoms with Crippen LogP contribution < -0.4 is 5.73 Å². The standard InChI is InChI=1S/C11H14Br2N2O2S.ClH/c12-8-3-4-10(13)11(6-8)18(16,17)15-5-1-2-9(15)7-14;/h3-4,6,9H,1-2,5,7,14H2;1H. The largest absolute Gasteiger partial charge is 0.329 e. The van der Waals surface area contributed by atoms with Gasteiger partial charge in [0.05, 0.1) is 4.90 Å². The van der Waals surface area contributed by atoms with Gasteiger partial charge in [-0.2, -0.15) is 4.31 Å². The maximum Gasteiger partial charge on any atom is 0.244 e. The number of sulfonamides is 1. The van der Waals surface area contributed by atoms with E-state index in [2.05, 4.69) is 31.9 Å². The number of nitrogens with zero attached hydrogens (tertiary/aromatic N) is 1. The van der Waals surface area contributed by atoms with Crippen molar-refractivity contribution in [3.05, 3.63) is 27.1 Å². The fraction of sp³-hybridized carbons (Fsp3) is 0.455. The zero-order chi connectivity index (χ0) is 13.3. The lowest BCUT2D eigenvalue weighted by molar-refractivity contribution is 0.393. The lowest BCUT2D eigenvalue weighted by Gasteiger charge is -2.23. The molecule has 2 rings (SSSR count). The molecular weight excluding hydrogens is 419 g/mol. The van der Waals surface area contributed by atoms with E-state index in [0.29, 0.717) is 17.6 Å². The van der Waals surface area contributed by atoms with E-state index in [1.165, 1.54) is 4.31 Å². The number of hydrogen-bond donors (Lipinski definition) is 1. The van der Waals surface area contributed by atoms with Crippen LogP contribution in [-0.2, 0) is 10.0 Å². The quantitative estimate of drug-likeness (QED) is 0.796. The van der Waals surface area contributed by atoms with Crippen LogP contribution in [0, 0.1) is 0 Å². The van der Waals surface area contributed by atoms with E-state index in [-0.39, 0.29) is 23.3 Å². The van der Waals surface area contributed by atoms with E-state index >= 15 is 0 Å². The van der Waals surface area contributed by atoms with Crippen LogP contribution in [0.25, 0.3) is 0 Å². The lowest BCUT2D eigenvalue weighted by atomic mass is 10.2. The van der Waals surface area contributed by atoms with Gasteiger partial charge in [0.15, 0.2) is 0 Å². The van der Waals surface area contributed by atoms with Crippen molar-refractivity contribution in [2.75, 3.05) is 13.1 Å². The molecule has 1 saturated heterocycles. The van der Waals surface area contributed by atoms with Gasteiger partial charge in [-0.15, -0.1) is 12.4 Å². The summed E-state index contributed by atoms with van der Waals surface area (Å²) in [5, 5.41) is 0. The molecule has 2 N–H and O–H groups in total. The van der Waals surface area contributed by atoms with Crippen molar-refractivity contribution in [2.24, 2.45) is 5.73 Å². The number of nitrogens with two attached hydrogens (primary N) is 1. The van der Waals surface area contributed by atoms with Gasteiger partial charge in [-0.05, 0) is 47.0 Å². The second kappa shape index (κ2) is 6.87. The van der Waals surface area contributed by atoms with Gasteiger partial charge in [0, 0.05) is 28.1 Å². The summed E-state index contributed by atoms with van der Waals surface area (Å²) < 4.78 is 28.0. The fourth-order valence-electron chi connectivity index (χ4n) is 2.16. The van der Waals surface area contributed by atoms with Gasteiger partial charge in [-0.25, -0.2) is 8.42 Å². The summed E-state index contributed by atoms with van der Waals surface area (Å²) in [6.45, 7) is 0.911. The van der Waals surface area contributed by atoms with Crippen molar-refractivity contribution in [1.29, 1.82) is 0 Å². The Hall–Kier alpha value is 0.340. The van der Waals surface area contributed by atoms with Crippen molar-refractivity contribution < 1.29 is 8.42 Å². The van der Waals surface area contributed by atoms with E-state index in [1.54, 1.807) is 18.2 Å². The van der Waals surface area contributed by atoms with Crippen molar-refractivity contribution in [3.63, 3.8) is 0 Å². The van der Waals surface area contributed by atoms with Crippen LogP contribution in [0.2, 0.25) is 0 Å². The second-order valence-electron chi connectivity index (χ2n) is 4.22. The predicted octanol–water partition coefficient (Wildman–Crippen LogP) is 2.75. The average Bonchev–Trinajstić information content (AvgIpc) is 2.81. The van der Waals surface area contributed by atoms with Gasteiger partial charge >= 0.3 is 0 Å².